The molecule has 6 rings (SSSR count). The van der Waals surface area contributed by atoms with Gasteiger partial charge in [0.2, 0.25) is 0 Å². The number of benzene rings is 3. The summed E-state index contributed by atoms with van der Waals surface area (Å²) in [6.07, 6.45) is 6.62. The van der Waals surface area contributed by atoms with E-state index < -0.39 is 36.0 Å². The second kappa shape index (κ2) is 20.8. The molecule has 1 aliphatic heterocycles. The lowest BCUT2D eigenvalue weighted by atomic mass is 9.89. The van der Waals surface area contributed by atoms with Crippen molar-refractivity contribution in [3.8, 4) is 11.5 Å². The van der Waals surface area contributed by atoms with Crippen LogP contribution in [0.25, 0.3) is 10.8 Å². The maximum atomic E-state index is 13.0. The Hall–Kier alpha value is -4.95. The number of carbonyl (C=O) groups excluding carboxylic acids is 1. The van der Waals surface area contributed by atoms with Crippen molar-refractivity contribution >= 4 is 22.4 Å². The summed E-state index contributed by atoms with van der Waals surface area (Å²) in [4.78, 5) is 19.1. The zero-order chi connectivity index (χ0) is 41.8. The fraction of sp³-hybridized carbons (Fsp3) is 0.435. The number of pyridine rings is 1. The highest BCUT2D eigenvalue weighted by molar-refractivity contribution is 5.93. The first-order valence-electron chi connectivity index (χ1n) is 20.3. The van der Waals surface area contributed by atoms with E-state index in [9.17, 15) is 33.3 Å². The van der Waals surface area contributed by atoms with E-state index in [2.05, 4.69) is 51.6 Å². The molecule has 1 saturated carbocycles. The third-order valence-electron chi connectivity index (χ3n) is 11.0. The van der Waals surface area contributed by atoms with Gasteiger partial charge in [-0.25, -0.2) is 0 Å². The first kappa shape index (κ1) is 43.6. The predicted molar refractivity (Wildman–Crippen MR) is 220 cm³/mol. The minimum absolute atomic E-state index is 0.0196. The Morgan fingerprint density at radius 2 is 1.88 bits per heavy atom. The quantitative estimate of drug-likeness (QED) is 0.0425. The lowest BCUT2D eigenvalue weighted by Gasteiger charge is -2.19. The molecule has 1 aliphatic carbocycles. The first-order valence-corrected chi connectivity index (χ1v) is 20.3. The maximum absolute atomic E-state index is 13.0. The monoisotopic (exact) mass is 817 g/mol. The van der Waals surface area contributed by atoms with Gasteiger partial charge in [-0.2, -0.15) is 13.2 Å². The summed E-state index contributed by atoms with van der Waals surface area (Å²) >= 11 is 0. The Morgan fingerprint density at radius 3 is 2.73 bits per heavy atom. The highest BCUT2D eigenvalue weighted by Crippen LogP contribution is 2.37. The van der Waals surface area contributed by atoms with E-state index in [4.69, 9.17) is 14.2 Å². The van der Waals surface area contributed by atoms with Gasteiger partial charge in [-0.3, -0.25) is 14.7 Å². The Morgan fingerprint density at radius 1 is 1.03 bits per heavy atom. The van der Waals surface area contributed by atoms with Gasteiger partial charge in [-0.1, -0.05) is 54.6 Å². The van der Waals surface area contributed by atoms with Gasteiger partial charge in [0.1, 0.15) is 37.4 Å². The van der Waals surface area contributed by atoms with Gasteiger partial charge in [0.25, 0.3) is 0 Å². The van der Waals surface area contributed by atoms with Gasteiger partial charge in [0.15, 0.2) is 0 Å². The number of hydrogen-bond acceptors (Lipinski definition) is 10. The molecule has 4 N–H and O–H groups in total. The highest BCUT2D eigenvalue weighted by Gasteiger charge is 2.39. The van der Waals surface area contributed by atoms with Crippen LogP contribution in [-0.4, -0.2) is 88.4 Å². The summed E-state index contributed by atoms with van der Waals surface area (Å²) in [6.45, 7) is 4.86. The maximum Gasteiger partial charge on any atom is 0.416 e. The SMILES string of the molecule is Cc1ccc(CN2CC[C@@H](Nc3cccc4cnccc34)C2)cc1OCCOC(=O)CCC/C=C\C[C@@H]1[C@@H](/C=C/[C@@H](O)COc2cccc(C(F)(F)F)c2)[C@H](O)C[C@@H]1O. The molecule has 4 aromatic rings. The Labute approximate surface area is 343 Å². The van der Waals surface area contributed by atoms with Crippen LogP contribution in [0, 0.1) is 18.8 Å². The molecule has 10 nitrogen and oxygen atoms in total. The number of ether oxygens (including phenoxy) is 3. The van der Waals surface area contributed by atoms with E-state index in [0.29, 0.717) is 25.3 Å². The number of fused-ring (bicyclic) bond motifs is 1. The van der Waals surface area contributed by atoms with Gasteiger partial charge in [0, 0.05) is 73.3 Å². The standard InChI is InChI=1S/C46H54F3N3O7/c1-31-14-15-32(28-52-21-19-35(29-52)51-41-12-6-8-33-27-50-20-18-38(33)41)24-44(31)57-22-23-58-45(56)13-5-3-2-4-11-39-40(43(55)26-42(39)54)17-16-36(53)30-59-37-10-7-9-34(25-37)46(47,48)49/h2,4,6-10,12,14-18,20,24-25,27,35-36,39-40,42-43,51,53-55H,3,5,11,13,19,21-23,26,28-30H2,1H3/b4-2-,17-16+/t35-,36-,39-,40-,42+,43-/m1/s1. The molecule has 1 saturated heterocycles. The lowest BCUT2D eigenvalue weighted by molar-refractivity contribution is -0.144. The van der Waals surface area contributed by atoms with Crippen LogP contribution in [0.15, 0.2) is 103 Å². The number of aliphatic hydroxyl groups is 3. The number of aryl methyl sites for hydroxylation is 1. The molecular formula is C46H54F3N3O7. The highest BCUT2D eigenvalue weighted by atomic mass is 19.4. The molecule has 1 aromatic heterocycles. The van der Waals surface area contributed by atoms with Gasteiger partial charge >= 0.3 is 12.1 Å². The summed E-state index contributed by atoms with van der Waals surface area (Å²) in [7, 11) is 0. The number of esters is 1. The number of rotatable bonds is 19. The zero-order valence-corrected chi connectivity index (χ0v) is 33.3. The molecule has 2 fully saturated rings. The van der Waals surface area contributed by atoms with E-state index >= 15 is 0 Å². The van der Waals surface area contributed by atoms with Crippen molar-refractivity contribution in [3.05, 3.63) is 120 Å². The van der Waals surface area contributed by atoms with E-state index in [-0.39, 0.29) is 50.3 Å². The molecule has 0 amide bonds. The summed E-state index contributed by atoms with van der Waals surface area (Å²) in [5.41, 5.74) is 2.46. The minimum Gasteiger partial charge on any atom is -0.491 e. The number of nitrogens with one attached hydrogen (secondary N) is 1. The number of allylic oxidation sites excluding steroid dienone is 2. The fourth-order valence-corrected chi connectivity index (χ4v) is 7.80. The summed E-state index contributed by atoms with van der Waals surface area (Å²) in [5.74, 6) is -0.271. The van der Waals surface area contributed by atoms with Crippen LogP contribution in [0.1, 0.15) is 55.2 Å². The summed E-state index contributed by atoms with van der Waals surface area (Å²) in [6, 6.07) is 19.3. The number of alkyl halides is 3. The molecule has 2 aliphatic rings. The number of nitrogens with zero attached hydrogens (tertiary/aromatic N) is 2. The Kier molecular flexibility index (Phi) is 15.4. The van der Waals surface area contributed by atoms with Crippen LogP contribution in [0.2, 0.25) is 0 Å². The molecule has 316 valence electrons. The number of likely N-dealkylation sites (tertiary alicyclic amines) is 1. The number of hydrogen-bond donors (Lipinski definition) is 4. The molecule has 3 aromatic carbocycles. The predicted octanol–water partition coefficient (Wildman–Crippen LogP) is 7.64. The van der Waals surface area contributed by atoms with Crippen LogP contribution in [-0.2, 0) is 22.3 Å². The van der Waals surface area contributed by atoms with Crippen molar-refractivity contribution in [2.24, 2.45) is 11.8 Å². The molecule has 6 atom stereocenters. The minimum atomic E-state index is -4.51. The number of unbranched alkanes of at least 4 members (excludes halogenated alkanes) is 1. The average Bonchev–Trinajstić information content (AvgIpc) is 3.77. The van der Waals surface area contributed by atoms with Gasteiger partial charge in [-0.05, 0) is 86.1 Å². The zero-order valence-electron chi connectivity index (χ0n) is 33.3. The molecule has 0 unspecified atom stereocenters. The van der Waals surface area contributed by atoms with Crippen molar-refractivity contribution in [1.82, 2.24) is 9.88 Å². The fourth-order valence-electron chi connectivity index (χ4n) is 7.80. The number of anilines is 1. The van der Waals surface area contributed by atoms with Crippen molar-refractivity contribution in [3.63, 3.8) is 0 Å². The van der Waals surface area contributed by atoms with E-state index in [1.165, 1.54) is 23.6 Å². The van der Waals surface area contributed by atoms with E-state index in [1.54, 1.807) is 6.08 Å². The van der Waals surface area contributed by atoms with E-state index in [1.807, 2.05) is 37.5 Å². The molecule has 0 spiro atoms. The first-order chi connectivity index (χ1) is 28.4. The normalized spacial score (nSPS) is 21.7. The molecule has 59 heavy (non-hydrogen) atoms. The third kappa shape index (κ3) is 12.8. The van der Waals surface area contributed by atoms with E-state index in [0.717, 1.165) is 66.1 Å². The third-order valence-corrected chi connectivity index (χ3v) is 11.0. The number of aliphatic hydroxyl groups excluding tert-OH is 3. The largest absolute Gasteiger partial charge is 0.491 e. The van der Waals surface area contributed by atoms with Crippen molar-refractivity contribution in [1.29, 1.82) is 0 Å². The van der Waals surface area contributed by atoms with Crippen LogP contribution in [0.4, 0.5) is 18.9 Å². The second-order valence-corrected chi connectivity index (χ2v) is 15.4. The molecule has 2 heterocycles. The molecule has 0 radical (unpaired) electrons. The molecule has 13 heteroatoms. The van der Waals surface area contributed by atoms with Crippen molar-refractivity contribution < 1.29 is 47.5 Å². The summed E-state index contributed by atoms with van der Waals surface area (Å²) < 4.78 is 55.7. The Bertz CT molecular complexity index is 2040. The van der Waals surface area contributed by atoms with Gasteiger partial charge in [0.05, 0.1) is 17.8 Å². The van der Waals surface area contributed by atoms with Gasteiger partial charge < -0.3 is 34.8 Å². The number of halogens is 3. The lowest BCUT2D eigenvalue weighted by Crippen LogP contribution is -2.26. The molecule has 0 bridgehead atoms. The van der Waals surface area contributed by atoms with Crippen LogP contribution >= 0.6 is 0 Å². The van der Waals surface area contributed by atoms with Crippen molar-refractivity contribution in [2.45, 2.75) is 82.5 Å². The number of aromatic nitrogens is 1. The van der Waals surface area contributed by atoms with Crippen LogP contribution in [0.5, 0.6) is 11.5 Å². The molecular weight excluding hydrogens is 764 g/mol. The smallest absolute Gasteiger partial charge is 0.416 e. The van der Waals surface area contributed by atoms with Crippen molar-refractivity contribution in [2.75, 3.05) is 38.2 Å². The van der Waals surface area contributed by atoms with Gasteiger partial charge in [-0.15, -0.1) is 0 Å². The summed E-state index contributed by atoms with van der Waals surface area (Å²) in [5, 5.41) is 37.5. The van der Waals surface area contributed by atoms with Crippen LogP contribution in [0.3, 0.4) is 0 Å². The topological polar surface area (TPSA) is 134 Å². The second-order valence-electron chi connectivity index (χ2n) is 15.4. The van der Waals surface area contributed by atoms with Crippen LogP contribution < -0.4 is 14.8 Å². The Balaban J connectivity index is 0.851. The number of carbonyl (C=O) groups is 1. The average molecular weight is 818 g/mol.